The average Bonchev–Trinajstić information content (AvgIpc) is 1.75. The number of nitrogens with zero attached hydrogens (tertiary/aromatic N) is 21. The number of hydrogen-bond acceptors (Lipinski definition) is 30. The lowest BCUT2D eigenvalue weighted by molar-refractivity contribution is 0.101. The smallest absolute Gasteiger partial charge is 0.323 e. The minimum atomic E-state index is -0.298. The molecule has 0 aliphatic rings. The van der Waals surface area contributed by atoms with Gasteiger partial charge in [-0.25, -0.2) is 15.8 Å². The number of carbonyl (C=O) groups excluding carboxylic acids is 3. The molecule has 0 spiro atoms. The highest BCUT2D eigenvalue weighted by atomic mass is 35.5. The van der Waals surface area contributed by atoms with Crippen LogP contribution in [0, 0.1) is 20.8 Å². The van der Waals surface area contributed by atoms with Gasteiger partial charge in [-0.1, -0.05) is 162 Å². The molecule has 0 unspecified atom stereocenters. The van der Waals surface area contributed by atoms with Crippen LogP contribution >= 0.6 is 11.6 Å². The first-order valence-corrected chi connectivity index (χ1v) is 44.4. The molecule has 0 atom stereocenters. The van der Waals surface area contributed by atoms with Crippen molar-refractivity contribution in [2.45, 2.75) is 40.2 Å². The SMILES string of the molecule is Cc1ccc(NC(=O)c2ccc(-c3nn[nH]n3)cc2)cc1.Cc1ccc(NOc2ccc(-c3nn[nH]n3)cc2)c(Cl)c1.Cc1ccc(NOc2ccc(-c3nn[nH]n3)cc2)cc1.O=C(Nc1ccc(-c2nn[nH]n2)cc1)c1ccccc1.O=C(Nc1ccccc1)Nc1ccc(-c2nn[nH]n2)cc1.c1ccc(CCCOc2ccc(-c3nn[nH]n3)cc2)cc1.c1ccc(COc2ccc(-c3nn[nH]n3)cc2)cc1. The molecule has 13 N–H and O–H groups in total. The average molecular weight is 1930 g/mol. The van der Waals surface area contributed by atoms with Gasteiger partial charge >= 0.3 is 6.03 Å². The van der Waals surface area contributed by atoms with Gasteiger partial charge < -0.3 is 40.4 Å². The Morgan fingerprint density at radius 2 is 0.573 bits per heavy atom. The van der Waals surface area contributed by atoms with E-state index in [1.165, 1.54) is 11.1 Å². The number of urea groups is 1. The topological polar surface area (TPSA) is 542 Å². The number of nitrogens with one attached hydrogen (secondary N) is 13. The van der Waals surface area contributed by atoms with Crippen molar-refractivity contribution in [3.05, 3.63) is 402 Å². The molecular formula is C101H89ClN34O7. The van der Waals surface area contributed by atoms with Crippen LogP contribution in [0.5, 0.6) is 23.0 Å². The zero-order valence-corrected chi connectivity index (χ0v) is 77.3. The molecule has 0 saturated heterocycles. The number of amides is 4. The summed E-state index contributed by atoms with van der Waals surface area (Å²) in [5.41, 5.74) is 23.4. The number of tetrazole rings is 7. The highest BCUT2D eigenvalue weighted by Crippen LogP contribution is 2.29. The largest absolute Gasteiger partial charge is 0.494 e. The number of anilines is 6. The Hall–Kier alpha value is -20.1. The molecule has 7 heterocycles. The fraction of sp³-hybridized carbons (Fsp3) is 0.0693. The number of ether oxygens (including phenoxy) is 2. The molecule has 0 saturated carbocycles. The molecule has 7 aromatic heterocycles. The molecule has 21 rings (SSSR count). The first-order chi connectivity index (χ1) is 70.2. The number of aryl methyl sites for hydroxylation is 4. The summed E-state index contributed by atoms with van der Waals surface area (Å²) in [6.07, 6.45) is 2.03. The summed E-state index contributed by atoms with van der Waals surface area (Å²) in [5.74, 6) is 6.53. The van der Waals surface area contributed by atoms with E-state index in [4.69, 9.17) is 30.7 Å². The van der Waals surface area contributed by atoms with Gasteiger partial charge in [-0.3, -0.25) is 9.59 Å². The standard InChI is InChI=1S/C16H16N4O.C15H13N5O.C14H12ClN5O.C14H12N6O.C14H13N5O.C14H11N5O.C14H12N4O/c1-2-5-13(6-3-1)7-4-12-21-15-10-8-14(9-11-15)16-17-19-20-18-16;1-10-2-8-13(9-3-10)16-15(21)12-6-4-11(5-7-12)14-17-19-20-18-14;1-9-2-7-13(12(15)8-9)18-21-11-5-3-10(4-6-11)14-16-19-20-17-14;21-14(15-11-4-2-1-3-5-11)16-12-8-6-10(7-9-12)13-17-19-20-18-13;1-10-2-6-12(7-3-10)17-20-13-8-4-11(5-9-13)14-15-18-19-16-14;20-14(11-4-2-1-3-5-11)15-12-8-6-10(7-9-12)13-16-18-19-17-13;1-2-4-11(5-3-1)10-19-13-8-6-12(7-9-13)14-15-17-18-16-14/h1-3,5-6,8-11H,4,7,12H2,(H,17,18,19,20);2-9H,1H3,(H,16,21)(H,17,18,19,20);2-8,18H,1H3,(H,16,17,19,20);1-9H,(H2,15,16,21)(H,17,18,19,20);2-9,17H,1H3,(H,15,16,18,19);1-9H,(H,15,20)(H,16,17,18,19);1-9H,10H2,(H,15,16,17,18). The van der Waals surface area contributed by atoms with E-state index in [2.05, 4.69) is 201 Å². The molecule has 14 aromatic carbocycles. The summed E-state index contributed by atoms with van der Waals surface area (Å²) in [5, 5.41) is 108. The normalized spacial score (nSPS) is 10.3. The van der Waals surface area contributed by atoms with Crippen LogP contribution in [0.3, 0.4) is 0 Å². The van der Waals surface area contributed by atoms with Crippen LogP contribution in [-0.4, -0.2) is 169 Å². The van der Waals surface area contributed by atoms with Gasteiger partial charge in [0.25, 0.3) is 11.8 Å². The first kappa shape index (κ1) is 97.4. The van der Waals surface area contributed by atoms with E-state index in [1.807, 2.05) is 282 Å². The lowest BCUT2D eigenvalue weighted by atomic mass is 10.1. The van der Waals surface area contributed by atoms with E-state index in [1.54, 1.807) is 72.8 Å². The fourth-order valence-corrected chi connectivity index (χ4v) is 13.0. The summed E-state index contributed by atoms with van der Waals surface area (Å²) in [6.45, 7) is 7.29. The molecular weight excluding hydrogens is 1840 g/mol. The summed E-state index contributed by atoms with van der Waals surface area (Å²) < 4.78 is 11.4. The lowest BCUT2D eigenvalue weighted by Crippen LogP contribution is -2.19. The number of aromatic nitrogens is 28. The highest BCUT2D eigenvalue weighted by Gasteiger charge is 2.15. The zero-order chi connectivity index (χ0) is 98.6. The monoisotopic (exact) mass is 1920 g/mol. The van der Waals surface area contributed by atoms with Gasteiger partial charge in [0.1, 0.15) is 18.1 Å². The lowest BCUT2D eigenvalue weighted by Gasteiger charge is -2.10. The number of benzene rings is 14. The minimum absolute atomic E-state index is 0.141. The summed E-state index contributed by atoms with van der Waals surface area (Å²) in [6, 6.07) is 111. The van der Waals surface area contributed by atoms with Gasteiger partial charge in [-0.15, -0.1) is 71.4 Å². The van der Waals surface area contributed by atoms with Crippen molar-refractivity contribution < 1.29 is 33.5 Å². The first-order valence-electron chi connectivity index (χ1n) is 44.0. The maximum Gasteiger partial charge on any atom is 0.323 e. The van der Waals surface area contributed by atoms with Crippen LogP contribution in [0.4, 0.5) is 38.9 Å². The maximum atomic E-state index is 12.1. The molecule has 712 valence electrons. The second kappa shape index (κ2) is 51.5. The highest BCUT2D eigenvalue weighted by molar-refractivity contribution is 6.33. The third-order valence-corrected chi connectivity index (χ3v) is 20.5. The van der Waals surface area contributed by atoms with Crippen molar-refractivity contribution >= 4 is 63.6 Å². The molecule has 42 heteroatoms. The van der Waals surface area contributed by atoms with E-state index in [9.17, 15) is 14.4 Å². The quantitative estimate of drug-likeness (QED) is 0.0168. The van der Waals surface area contributed by atoms with Crippen molar-refractivity contribution in [3.8, 4) is 103 Å². The minimum Gasteiger partial charge on any atom is -0.494 e. The second-order valence-electron chi connectivity index (χ2n) is 30.5. The number of para-hydroxylation sites is 1. The molecule has 0 radical (unpaired) electrons. The summed E-state index contributed by atoms with van der Waals surface area (Å²) >= 11 is 6.12. The Balaban J connectivity index is 0.000000126. The Morgan fingerprint density at radius 1 is 0.280 bits per heavy atom. The van der Waals surface area contributed by atoms with Gasteiger partial charge in [0.05, 0.1) is 23.0 Å². The van der Waals surface area contributed by atoms with Gasteiger partial charge in [-0.05, 0) is 305 Å². The predicted octanol–water partition coefficient (Wildman–Crippen LogP) is 18.2. The van der Waals surface area contributed by atoms with Crippen molar-refractivity contribution in [3.63, 3.8) is 0 Å². The predicted molar refractivity (Wildman–Crippen MR) is 537 cm³/mol. The molecule has 0 fully saturated rings. The number of carbonyl (C=O) groups is 3. The van der Waals surface area contributed by atoms with Crippen LogP contribution in [0.25, 0.3) is 79.7 Å². The van der Waals surface area contributed by atoms with Crippen LogP contribution < -0.4 is 51.4 Å². The molecule has 0 aliphatic carbocycles. The fourth-order valence-electron chi connectivity index (χ4n) is 12.8. The molecule has 0 aliphatic heterocycles. The Morgan fingerprint density at radius 3 is 0.944 bits per heavy atom. The maximum absolute atomic E-state index is 12.1. The van der Waals surface area contributed by atoms with Gasteiger partial charge in [0.15, 0.2) is 11.5 Å². The number of aromatic amines is 7. The van der Waals surface area contributed by atoms with Crippen LogP contribution in [0.1, 0.15) is 55.0 Å². The van der Waals surface area contributed by atoms with E-state index in [0.29, 0.717) is 98.7 Å². The third-order valence-electron chi connectivity index (χ3n) is 20.2. The molecule has 4 amide bonds. The number of halogens is 1. The zero-order valence-electron chi connectivity index (χ0n) is 76.5. The van der Waals surface area contributed by atoms with Crippen molar-refractivity contribution in [2.75, 3.05) is 38.8 Å². The van der Waals surface area contributed by atoms with Crippen LogP contribution in [0.15, 0.2) is 358 Å². The Bertz CT molecular complexity index is 7270. The van der Waals surface area contributed by atoms with E-state index >= 15 is 0 Å². The van der Waals surface area contributed by atoms with Crippen LogP contribution in [-0.2, 0) is 13.0 Å². The third kappa shape index (κ3) is 30.9. The summed E-state index contributed by atoms with van der Waals surface area (Å²) in [7, 11) is 0. The van der Waals surface area contributed by atoms with Gasteiger partial charge in [0.2, 0.25) is 40.8 Å². The Kier molecular flexibility index (Phi) is 35.1. The van der Waals surface area contributed by atoms with Crippen molar-refractivity contribution in [1.82, 2.24) is 144 Å². The van der Waals surface area contributed by atoms with E-state index in [-0.39, 0.29) is 17.8 Å². The van der Waals surface area contributed by atoms with Gasteiger partial charge in [-0.2, -0.15) is 36.5 Å². The summed E-state index contributed by atoms with van der Waals surface area (Å²) in [4.78, 5) is 46.9. The number of hydrogen-bond donors (Lipinski definition) is 13. The molecule has 41 nitrogen and oxygen atoms in total. The van der Waals surface area contributed by atoms with E-state index < -0.39 is 0 Å². The molecule has 143 heavy (non-hydrogen) atoms. The number of H-pyrrole nitrogens is 7. The molecule has 21 aromatic rings. The van der Waals surface area contributed by atoms with Crippen LogP contribution in [0.2, 0.25) is 5.02 Å². The van der Waals surface area contributed by atoms with Crippen molar-refractivity contribution in [1.29, 1.82) is 0 Å². The molecule has 0 bridgehead atoms. The number of rotatable bonds is 27. The van der Waals surface area contributed by atoms with E-state index in [0.717, 1.165) is 97.0 Å². The Labute approximate surface area is 820 Å². The van der Waals surface area contributed by atoms with Gasteiger partial charge in [0, 0.05) is 72.8 Å². The second-order valence-corrected chi connectivity index (χ2v) is 30.9. The van der Waals surface area contributed by atoms with Crippen molar-refractivity contribution in [2.24, 2.45) is 0 Å².